The van der Waals surface area contributed by atoms with Gasteiger partial charge in [-0.1, -0.05) is 17.2 Å². The minimum atomic E-state index is -3.08. The summed E-state index contributed by atoms with van der Waals surface area (Å²) in [5.41, 5.74) is 1.00. The molecule has 8 nitrogen and oxygen atoms in total. The van der Waals surface area contributed by atoms with Gasteiger partial charge < -0.3 is 0 Å². The van der Waals surface area contributed by atoms with Crippen LogP contribution in [0.5, 0.6) is 0 Å². The van der Waals surface area contributed by atoms with Gasteiger partial charge in [-0.3, -0.25) is 10.1 Å². The van der Waals surface area contributed by atoms with Crippen molar-refractivity contribution >= 4 is 21.7 Å². The number of rotatable bonds is 4. The number of sulfone groups is 1. The molecular weight excluding hydrogens is 270 g/mol. The Balaban J connectivity index is 2.08. The summed E-state index contributed by atoms with van der Waals surface area (Å²) in [6, 6.07) is 6.25. The third-order valence-electron chi connectivity index (χ3n) is 2.22. The van der Waals surface area contributed by atoms with Crippen LogP contribution in [0.4, 0.5) is 5.95 Å². The van der Waals surface area contributed by atoms with Crippen LogP contribution in [0.2, 0.25) is 0 Å². The number of aromatic amines is 1. The molecule has 0 atom stereocenters. The van der Waals surface area contributed by atoms with Gasteiger partial charge in [-0.05, 0) is 22.9 Å². The number of amides is 1. The second-order valence-electron chi connectivity index (χ2n) is 3.96. The number of nitrogens with one attached hydrogen (secondary N) is 2. The SMILES string of the molecule is CS(=O)(=O)Cc1ccc(C(=O)Nc2nn[nH]n2)cc1. The number of H-pyrrole nitrogens is 1. The lowest BCUT2D eigenvalue weighted by Crippen LogP contribution is -2.13. The molecule has 0 aliphatic carbocycles. The molecule has 1 amide bonds. The zero-order valence-corrected chi connectivity index (χ0v) is 10.8. The molecule has 2 aromatic rings. The van der Waals surface area contributed by atoms with E-state index in [-0.39, 0.29) is 11.7 Å². The maximum atomic E-state index is 11.8. The molecule has 100 valence electrons. The third kappa shape index (κ3) is 3.85. The molecule has 19 heavy (non-hydrogen) atoms. The Labute approximate surface area is 109 Å². The van der Waals surface area contributed by atoms with Crippen molar-refractivity contribution < 1.29 is 13.2 Å². The summed E-state index contributed by atoms with van der Waals surface area (Å²) in [4.78, 5) is 11.8. The van der Waals surface area contributed by atoms with Crippen molar-refractivity contribution in [1.82, 2.24) is 20.6 Å². The molecule has 2 rings (SSSR count). The highest BCUT2D eigenvalue weighted by atomic mass is 32.2. The van der Waals surface area contributed by atoms with E-state index >= 15 is 0 Å². The number of hydrogen-bond donors (Lipinski definition) is 2. The number of carbonyl (C=O) groups is 1. The maximum absolute atomic E-state index is 11.8. The fraction of sp³-hybridized carbons (Fsp3) is 0.200. The summed E-state index contributed by atoms with van der Waals surface area (Å²) in [6.45, 7) is 0. The number of tetrazole rings is 1. The highest BCUT2D eigenvalue weighted by Gasteiger charge is 2.09. The number of anilines is 1. The smallest absolute Gasteiger partial charge is 0.270 e. The van der Waals surface area contributed by atoms with Crippen LogP contribution in [0.15, 0.2) is 24.3 Å². The van der Waals surface area contributed by atoms with Gasteiger partial charge in [-0.25, -0.2) is 8.42 Å². The monoisotopic (exact) mass is 281 g/mol. The van der Waals surface area contributed by atoms with Crippen LogP contribution in [-0.4, -0.2) is 41.2 Å². The summed E-state index contributed by atoms with van der Waals surface area (Å²) in [5, 5.41) is 15.1. The standard InChI is InChI=1S/C10H11N5O3S/c1-19(17,18)6-7-2-4-8(5-3-7)9(16)11-10-12-14-15-13-10/h2-5H,6H2,1H3,(H2,11,12,13,14,15,16). The molecule has 1 aromatic carbocycles. The molecule has 1 heterocycles. The summed E-state index contributed by atoms with van der Waals surface area (Å²) in [7, 11) is -3.08. The van der Waals surface area contributed by atoms with E-state index in [2.05, 4.69) is 25.9 Å². The first-order chi connectivity index (χ1) is 8.94. The first-order valence-electron chi connectivity index (χ1n) is 5.25. The minimum Gasteiger partial charge on any atom is -0.288 e. The van der Waals surface area contributed by atoms with Crippen LogP contribution in [-0.2, 0) is 15.6 Å². The van der Waals surface area contributed by atoms with Gasteiger partial charge >= 0.3 is 0 Å². The zero-order chi connectivity index (χ0) is 13.9. The summed E-state index contributed by atoms with van der Waals surface area (Å²) >= 11 is 0. The van der Waals surface area contributed by atoms with Gasteiger partial charge in [-0.15, -0.1) is 5.10 Å². The molecule has 0 aliphatic rings. The average molecular weight is 281 g/mol. The van der Waals surface area contributed by atoms with Crippen molar-refractivity contribution in [3.05, 3.63) is 35.4 Å². The van der Waals surface area contributed by atoms with Crippen molar-refractivity contribution in [1.29, 1.82) is 0 Å². The Morgan fingerprint density at radius 1 is 1.32 bits per heavy atom. The van der Waals surface area contributed by atoms with Crippen LogP contribution in [0, 0.1) is 0 Å². The molecule has 0 saturated carbocycles. The van der Waals surface area contributed by atoms with E-state index in [0.717, 1.165) is 6.26 Å². The minimum absolute atomic E-state index is 0.0558. The second kappa shape index (κ2) is 5.14. The number of aromatic nitrogens is 4. The Bertz CT molecular complexity index is 664. The number of benzene rings is 1. The van der Waals surface area contributed by atoms with Crippen LogP contribution >= 0.6 is 0 Å². The Morgan fingerprint density at radius 2 is 2.00 bits per heavy atom. The normalized spacial score (nSPS) is 11.2. The predicted octanol–water partition coefficient (Wildman–Crippen LogP) is -0.00340. The van der Waals surface area contributed by atoms with Gasteiger partial charge in [0.1, 0.15) is 0 Å². The van der Waals surface area contributed by atoms with Crippen LogP contribution in [0.3, 0.4) is 0 Å². The third-order valence-corrected chi connectivity index (χ3v) is 3.07. The Morgan fingerprint density at radius 3 is 2.53 bits per heavy atom. The second-order valence-corrected chi connectivity index (χ2v) is 6.10. The maximum Gasteiger partial charge on any atom is 0.270 e. The van der Waals surface area contributed by atoms with Gasteiger partial charge in [0.25, 0.3) is 11.9 Å². The largest absolute Gasteiger partial charge is 0.288 e. The van der Waals surface area contributed by atoms with Crippen LogP contribution in [0.1, 0.15) is 15.9 Å². The highest BCUT2D eigenvalue weighted by molar-refractivity contribution is 7.89. The molecule has 0 saturated heterocycles. The van der Waals surface area contributed by atoms with Crippen LogP contribution in [0.25, 0.3) is 0 Å². The lowest BCUT2D eigenvalue weighted by atomic mass is 10.1. The molecule has 2 N–H and O–H groups in total. The lowest BCUT2D eigenvalue weighted by molar-refractivity contribution is 0.102. The van der Waals surface area contributed by atoms with Crippen molar-refractivity contribution in [3.8, 4) is 0 Å². The molecule has 0 fully saturated rings. The van der Waals surface area contributed by atoms with E-state index in [1.807, 2.05) is 0 Å². The molecular formula is C10H11N5O3S. The number of carbonyl (C=O) groups excluding carboxylic acids is 1. The number of nitrogens with zero attached hydrogens (tertiary/aromatic N) is 3. The summed E-state index contributed by atoms with van der Waals surface area (Å²) < 4.78 is 22.2. The fourth-order valence-corrected chi connectivity index (χ4v) is 2.24. The van der Waals surface area contributed by atoms with Gasteiger partial charge in [0.15, 0.2) is 9.84 Å². The molecule has 0 aliphatic heterocycles. The molecule has 0 spiro atoms. The molecule has 1 aromatic heterocycles. The quantitative estimate of drug-likeness (QED) is 0.814. The van der Waals surface area contributed by atoms with E-state index in [1.54, 1.807) is 12.1 Å². The molecule has 0 unspecified atom stereocenters. The van der Waals surface area contributed by atoms with Crippen molar-refractivity contribution in [2.24, 2.45) is 0 Å². The molecule has 0 radical (unpaired) electrons. The van der Waals surface area contributed by atoms with E-state index in [0.29, 0.717) is 11.1 Å². The first kappa shape index (κ1) is 13.1. The van der Waals surface area contributed by atoms with Crippen molar-refractivity contribution in [3.63, 3.8) is 0 Å². The van der Waals surface area contributed by atoms with Crippen molar-refractivity contribution in [2.75, 3.05) is 11.6 Å². The van der Waals surface area contributed by atoms with Gasteiger partial charge in [-0.2, -0.15) is 5.21 Å². The van der Waals surface area contributed by atoms with E-state index in [9.17, 15) is 13.2 Å². The Kier molecular flexibility index (Phi) is 3.56. The first-order valence-corrected chi connectivity index (χ1v) is 7.31. The summed E-state index contributed by atoms with van der Waals surface area (Å²) in [5.74, 6) is -0.378. The number of hydrogen-bond acceptors (Lipinski definition) is 6. The average Bonchev–Trinajstić information content (AvgIpc) is 2.80. The highest BCUT2D eigenvalue weighted by Crippen LogP contribution is 2.09. The van der Waals surface area contributed by atoms with Gasteiger partial charge in [0.05, 0.1) is 5.75 Å². The fourth-order valence-electron chi connectivity index (χ4n) is 1.44. The van der Waals surface area contributed by atoms with E-state index in [1.165, 1.54) is 12.1 Å². The van der Waals surface area contributed by atoms with E-state index in [4.69, 9.17) is 0 Å². The van der Waals surface area contributed by atoms with Crippen LogP contribution < -0.4 is 5.32 Å². The van der Waals surface area contributed by atoms with E-state index < -0.39 is 15.7 Å². The van der Waals surface area contributed by atoms with Crippen molar-refractivity contribution in [2.45, 2.75) is 5.75 Å². The molecule has 9 heteroatoms. The van der Waals surface area contributed by atoms with Gasteiger partial charge in [0, 0.05) is 11.8 Å². The topological polar surface area (TPSA) is 118 Å². The Hall–Kier alpha value is -2.29. The molecule has 0 bridgehead atoms. The summed E-state index contributed by atoms with van der Waals surface area (Å²) in [6.07, 6.45) is 1.16. The van der Waals surface area contributed by atoms with Gasteiger partial charge in [0.2, 0.25) is 0 Å². The lowest BCUT2D eigenvalue weighted by Gasteiger charge is -2.03. The zero-order valence-electron chi connectivity index (χ0n) is 9.99. The predicted molar refractivity (Wildman–Crippen MR) is 67.1 cm³/mol.